The Labute approximate surface area is 100 Å². The third-order valence-corrected chi connectivity index (χ3v) is 2.33. The van der Waals surface area contributed by atoms with Crippen LogP contribution in [-0.4, -0.2) is 19.7 Å². The van der Waals surface area contributed by atoms with Crippen LogP contribution in [0.1, 0.15) is 12.5 Å². The van der Waals surface area contributed by atoms with Gasteiger partial charge < -0.3 is 9.47 Å². The van der Waals surface area contributed by atoms with Gasteiger partial charge in [-0.25, -0.2) is 4.79 Å². The molecule has 0 saturated carbocycles. The Balaban J connectivity index is 2.83. The number of thiol groups is 1. The van der Waals surface area contributed by atoms with Crippen molar-refractivity contribution in [3.63, 3.8) is 0 Å². The predicted octanol–water partition coefficient (Wildman–Crippen LogP) is 2.56. The smallest absolute Gasteiger partial charge is 0.330 e. The minimum atomic E-state index is -0.363. The van der Waals surface area contributed by atoms with Crippen molar-refractivity contribution < 1.29 is 14.3 Å². The second kappa shape index (κ2) is 6.23. The van der Waals surface area contributed by atoms with Crippen LogP contribution in [0.2, 0.25) is 0 Å². The van der Waals surface area contributed by atoms with E-state index in [4.69, 9.17) is 9.47 Å². The van der Waals surface area contributed by atoms with E-state index in [1.54, 1.807) is 26.2 Å². The first-order chi connectivity index (χ1) is 7.67. The first-order valence-electron chi connectivity index (χ1n) is 4.89. The lowest BCUT2D eigenvalue weighted by atomic mass is 10.2. The maximum absolute atomic E-state index is 11.1. The minimum Gasteiger partial charge on any atom is -0.497 e. The molecule has 86 valence electrons. The molecule has 0 radical (unpaired) electrons. The summed E-state index contributed by atoms with van der Waals surface area (Å²) in [6, 6.07) is 5.43. The molecule has 0 bridgehead atoms. The molecule has 16 heavy (non-hydrogen) atoms. The van der Waals surface area contributed by atoms with Gasteiger partial charge in [0.1, 0.15) is 5.75 Å². The summed E-state index contributed by atoms with van der Waals surface area (Å²) in [5.74, 6) is 0.361. The SMILES string of the molecule is CCOC(=O)/C=C/c1cc(OC)ccc1S. The molecule has 1 rings (SSSR count). The predicted molar refractivity (Wildman–Crippen MR) is 65.9 cm³/mol. The first kappa shape index (κ1) is 12.6. The Hall–Kier alpha value is -1.42. The molecule has 1 aromatic rings. The summed E-state index contributed by atoms with van der Waals surface area (Å²) in [6.07, 6.45) is 3.03. The zero-order chi connectivity index (χ0) is 12.0. The van der Waals surface area contributed by atoms with Gasteiger partial charge in [-0.15, -0.1) is 12.6 Å². The molecule has 0 unspecified atom stereocenters. The monoisotopic (exact) mass is 238 g/mol. The number of methoxy groups -OCH3 is 1. The lowest BCUT2D eigenvalue weighted by Gasteiger charge is -2.03. The molecule has 0 fully saturated rings. The molecule has 0 amide bonds. The molecule has 0 atom stereocenters. The molecule has 0 aliphatic rings. The van der Waals surface area contributed by atoms with E-state index >= 15 is 0 Å². The van der Waals surface area contributed by atoms with E-state index in [0.29, 0.717) is 6.61 Å². The molecule has 1 aromatic carbocycles. The molecule has 3 nitrogen and oxygen atoms in total. The van der Waals surface area contributed by atoms with Crippen LogP contribution in [0.4, 0.5) is 0 Å². The van der Waals surface area contributed by atoms with Crippen LogP contribution in [0.25, 0.3) is 6.08 Å². The molecule has 0 saturated heterocycles. The molecule has 0 spiro atoms. The maximum atomic E-state index is 11.1. The highest BCUT2D eigenvalue weighted by molar-refractivity contribution is 7.80. The normalized spacial score (nSPS) is 10.4. The number of ether oxygens (including phenoxy) is 2. The van der Waals surface area contributed by atoms with Crippen molar-refractivity contribution in [3.8, 4) is 5.75 Å². The summed E-state index contributed by atoms with van der Waals surface area (Å²) < 4.78 is 9.86. The number of carbonyl (C=O) groups excluding carboxylic acids is 1. The summed E-state index contributed by atoms with van der Waals surface area (Å²) in [6.45, 7) is 2.14. The Morgan fingerprint density at radius 2 is 2.25 bits per heavy atom. The molecule has 0 N–H and O–H groups in total. The van der Waals surface area contributed by atoms with Gasteiger partial charge in [0.2, 0.25) is 0 Å². The van der Waals surface area contributed by atoms with Crippen LogP contribution in [0.3, 0.4) is 0 Å². The van der Waals surface area contributed by atoms with Gasteiger partial charge in [0, 0.05) is 11.0 Å². The number of benzene rings is 1. The quantitative estimate of drug-likeness (QED) is 0.497. The highest BCUT2D eigenvalue weighted by Gasteiger charge is 1.99. The third-order valence-electron chi connectivity index (χ3n) is 1.92. The molecule has 4 heteroatoms. The molecular weight excluding hydrogens is 224 g/mol. The largest absolute Gasteiger partial charge is 0.497 e. The van der Waals surface area contributed by atoms with Crippen LogP contribution >= 0.6 is 12.6 Å². The van der Waals surface area contributed by atoms with Crippen molar-refractivity contribution in [1.29, 1.82) is 0 Å². The Morgan fingerprint density at radius 1 is 1.50 bits per heavy atom. The topological polar surface area (TPSA) is 35.5 Å². The second-order valence-corrected chi connectivity index (χ2v) is 3.49. The van der Waals surface area contributed by atoms with E-state index in [0.717, 1.165) is 16.2 Å². The molecule has 0 aliphatic carbocycles. The summed E-state index contributed by atoms with van der Waals surface area (Å²) in [5.41, 5.74) is 0.815. The Kier molecular flexibility index (Phi) is 4.92. The second-order valence-electron chi connectivity index (χ2n) is 3.01. The minimum absolute atomic E-state index is 0.363. The number of hydrogen-bond acceptors (Lipinski definition) is 4. The van der Waals surface area contributed by atoms with E-state index in [2.05, 4.69) is 12.6 Å². The van der Waals surface area contributed by atoms with Gasteiger partial charge in [0.15, 0.2) is 0 Å². The van der Waals surface area contributed by atoms with E-state index in [1.165, 1.54) is 6.08 Å². The van der Waals surface area contributed by atoms with Crippen molar-refractivity contribution in [2.45, 2.75) is 11.8 Å². The lowest BCUT2D eigenvalue weighted by molar-refractivity contribution is -0.137. The van der Waals surface area contributed by atoms with E-state index in [9.17, 15) is 4.79 Å². The van der Waals surface area contributed by atoms with Gasteiger partial charge in [-0.2, -0.15) is 0 Å². The molecule has 0 aromatic heterocycles. The molecule has 0 heterocycles. The van der Waals surface area contributed by atoms with Gasteiger partial charge in [0.05, 0.1) is 13.7 Å². The number of carbonyl (C=O) groups is 1. The highest BCUT2D eigenvalue weighted by atomic mass is 32.1. The lowest BCUT2D eigenvalue weighted by Crippen LogP contribution is -1.98. The van der Waals surface area contributed by atoms with Gasteiger partial charge in [0.25, 0.3) is 0 Å². The van der Waals surface area contributed by atoms with Crippen LogP contribution in [0.5, 0.6) is 5.75 Å². The van der Waals surface area contributed by atoms with Crippen LogP contribution < -0.4 is 4.74 Å². The zero-order valence-corrected chi connectivity index (χ0v) is 10.2. The van der Waals surface area contributed by atoms with Crippen molar-refractivity contribution in [1.82, 2.24) is 0 Å². The summed E-state index contributed by atoms with van der Waals surface area (Å²) in [5, 5.41) is 0. The number of hydrogen-bond donors (Lipinski definition) is 1. The fourth-order valence-electron chi connectivity index (χ4n) is 1.14. The van der Waals surface area contributed by atoms with E-state index in [1.807, 2.05) is 12.1 Å². The summed E-state index contributed by atoms with van der Waals surface area (Å²) in [4.78, 5) is 11.9. The third kappa shape index (κ3) is 3.62. The van der Waals surface area contributed by atoms with Crippen molar-refractivity contribution >= 4 is 24.7 Å². The van der Waals surface area contributed by atoms with Crippen molar-refractivity contribution in [3.05, 3.63) is 29.8 Å². The average molecular weight is 238 g/mol. The maximum Gasteiger partial charge on any atom is 0.330 e. The van der Waals surface area contributed by atoms with Gasteiger partial charge in [-0.05, 0) is 36.8 Å². The number of rotatable bonds is 4. The van der Waals surface area contributed by atoms with E-state index < -0.39 is 0 Å². The van der Waals surface area contributed by atoms with Crippen molar-refractivity contribution in [2.24, 2.45) is 0 Å². The van der Waals surface area contributed by atoms with Crippen LogP contribution in [0, 0.1) is 0 Å². The molecule has 0 aliphatic heterocycles. The average Bonchev–Trinajstić information content (AvgIpc) is 2.28. The fourth-order valence-corrected chi connectivity index (χ4v) is 1.35. The van der Waals surface area contributed by atoms with Crippen LogP contribution in [-0.2, 0) is 9.53 Å². The number of esters is 1. The fraction of sp³-hybridized carbons (Fsp3) is 0.250. The first-order valence-corrected chi connectivity index (χ1v) is 5.34. The Morgan fingerprint density at radius 3 is 2.88 bits per heavy atom. The van der Waals surface area contributed by atoms with E-state index in [-0.39, 0.29) is 5.97 Å². The van der Waals surface area contributed by atoms with Gasteiger partial charge in [-0.3, -0.25) is 0 Å². The van der Waals surface area contributed by atoms with Gasteiger partial charge >= 0.3 is 5.97 Å². The standard InChI is InChI=1S/C12H14O3S/c1-3-15-12(13)7-4-9-8-10(14-2)5-6-11(9)16/h4-8,16H,3H2,1-2H3/b7-4+. The summed E-state index contributed by atoms with van der Waals surface area (Å²) >= 11 is 4.28. The molecular formula is C12H14O3S. The highest BCUT2D eigenvalue weighted by Crippen LogP contribution is 2.21. The summed E-state index contributed by atoms with van der Waals surface area (Å²) in [7, 11) is 1.59. The Bertz CT molecular complexity index is 399. The van der Waals surface area contributed by atoms with Crippen LogP contribution in [0.15, 0.2) is 29.2 Å². The zero-order valence-electron chi connectivity index (χ0n) is 9.27. The van der Waals surface area contributed by atoms with Crippen molar-refractivity contribution in [2.75, 3.05) is 13.7 Å². The van der Waals surface area contributed by atoms with Gasteiger partial charge in [-0.1, -0.05) is 0 Å².